The number of hydrogen-bond donors (Lipinski definition) is 0. The Morgan fingerprint density at radius 2 is 0.970 bits per heavy atom. The second-order valence-corrected chi connectivity index (χ2v) is 8.07. The van der Waals surface area contributed by atoms with Gasteiger partial charge in [0.25, 0.3) is 0 Å². The molecule has 7 heteroatoms. The molecule has 2 aromatic heterocycles. The first-order chi connectivity index (χ1) is 15.8. The van der Waals surface area contributed by atoms with E-state index in [4.69, 9.17) is 0 Å². The standard InChI is InChI=1S/2C13H12N2S.Cu/c2*1-16-13-8-3-2-7-12(13)15-10-11-6-4-5-9-14-11;/h2*2-10H,1H3;/q;;+1. The second kappa shape index (κ2) is 15.2. The van der Waals surface area contributed by atoms with Crippen molar-refractivity contribution in [2.24, 2.45) is 9.98 Å². The van der Waals surface area contributed by atoms with Crippen LogP contribution >= 0.6 is 23.5 Å². The summed E-state index contributed by atoms with van der Waals surface area (Å²) in [5.41, 5.74) is 3.72. The van der Waals surface area contributed by atoms with Gasteiger partial charge < -0.3 is 0 Å². The van der Waals surface area contributed by atoms with Crippen LogP contribution in [0, 0.1) is 0 Å². The third-order valence-corrected chi connectivity index (χ3v) is 5.79. The number of nitrogens with zero attached hydrogens (tertiary/aromatic N) is 4. The summed E-state index contributed by atoms with van der Waals surface area (Å²) in [6.07, 6.45) is 11.2. The minimum atomic E-state index is 0. The smallest absolute Gasteiger partial charge is 0.255 e. The fourth-order valence-electron chi connectivity index (χ4n) is 2.65. The van der Waals surface area contributed by atoms with Crippen molar-refractivity contribution in [3.63, 3.8) is 0 Å². The molecule has 170 valence electrons. The van der Waals surface area contributed by atoms with Crippen molar-refractivity contribution in [3.05, 3.63) is 109 Å². The zero-order chi connectivity index (χ0) is 22.4. The number of pyridine rings is 2. The minimum absolute atomic E-state index is 0. The molecule has 0 fully saturated rings. The average Bonchev–Trinajstić information content (AvgIpc) is 2.88. The van der Waals surface area contributed by atoms with Crippen LogP contribution in [0.1, 0.15) is 11.4 Å². The molecular weight excluding hydrogens is 496 g/mol. The van der Waals surface area contributed by atoms with Crippen molar-refractivity contribution in [1.82, 2.24) is 9.97 Å². The van der Waals surface area contributed by atoms with Gasteiger partial charge in [-0.25, -0.2) is 0 Å². The van der Waals surface area contributed by atoms with E-state index in [0.29, 0.717) is 0 Å². The summed E-state index contributed by atoms with van der Waals surface area (Å²) in [7, 11) is 0. The summed E-state index contributed by atoms with van der Waals surface area (Å²) in [6, 6.07) is 27.7. The van der Waals surface area contributed by atoms with Gasteiger partial charge in [0.1, 0.15) is 0 Å². The van der Waals surface area contributed by atoms with Crippen molar-refractivity contribution in [3.8, 4) is 0 Å². The largest absolute Gasteiger partial charge is 1.00 e. The Balaban J connectivity index is 0.000000227. The molecule has 33 heavy (non-hydrogen) atoms. The molecule has 2 heterocycles. The SMILES string of the molecule is CSc1ccccc1N=Cc1ccccn1.CSc1ccccc1N=Cc1ccccn1.[Cu+]. The number of aromatic nitrogens is 2. The number of para-hydroxylation sites is 2. The Morgan fingerprint density at radius 1 is 0.576 bits per heavy atom. The van der Waals surface area contributed by atoms with E-state index in [1.54, 1.807) is 48.3 Å². The Bertz CT molecular complexity index is 1060. The molecule has 0 bridgehead atoms. The van der Waals surface area contributed by atoms with Gasteiger partial charge in [0.2, 0.25) is 0 Å². The fourth-order valence-corrected chi connectivity index (χ4v) is 3.74. The van der Waals surface area contributed by atoms with E-state index in [1.807, 2.05) is 72.8 Å². The van der Waals surface area contributed by atoms with Crippen LogP contribution in [0.2, 0.25) is 0 Å². The molecule has 0 saturated heterocycles. The molecule has 0 aliphatic heterocycles. The third kappa shape index (κ3) is 8.98. The summed E-state index contributed by atoms with van der Waals surface area (Å²) in [6.45, 7) is 0. The molecule has 0 spiro atoms. The van der Waals surface area contributed by atoms with Crippen molar-refractivity contribution >= 4 is 47.3 Å². The van der Waals surface area contributed by atoms with E-state index < -0.39 is 0 Å². The maximum atomic E-state index is 4.44. The van der Waals surface area contributed by atoms with E-state index in [-0.39, 0.29) is 17.1 Å². The Labute approximate surface area is 214 Å². The first kappa shape index (κ1) is 26.6. The molecule has 0 N–H and O–H groups in total. The van der Waals surface area contributed by atoms with Crippen molar-refractivity contribution in [2.45, 2.75) is 9.79 Å². The van der Waals surface area contributed by atoms with Crippen LogP contribution in [-0.2, 0) is 17.1 Å². The van der Waals surface area contributed by atoms with Gasteiger partial charge in [-0.05, 0) is 61.0 Å². The van der Waals surface area contributed by atoms with Gasteiger partial charge in [-0.2, -0.15) is 0 Å². The van der Waals surface area contributed by atoms with Gasteiger partial charge >= 0.3 is 17.1 Å². The maximum absolute atomic E-state index is 4.44. The van der Waals surface area contributed by atoms with Crippen LogP contribution in [-0.4, -0.2) is 34.9 Å². The Kier molecular flexibility index (Phi) is 12.2. The number of thioether (sulfide) groups is 2. The van der Waals surface area contributed by atoms with Crippen LogP contribution in [0.3, 0.4) is 0 Å². The van der Waals surface area contributed by atoms with Crippen molar-refractivity contribution < 1.29 is 17.1 Å². The first-order valence-electron chi connectivity index (χ1n) is 9.96. The second-order valence-electron chi connectivity index (χ2n) is 6.37. The monoisotopic (exact) mass is 519 g/mol. The molecule has 0 saturated carbocycles. The van der Waals surface area contributed by atoms with Crippen LogP contribution in [0.15, 0.2) is 117 Å². The molecule has 0 amide bonds. The van der Waals surface area contributed by atoms with Gasteiger partial charge in [-0.1, -0.05) is 36.4 Å². The molecule has 0 atom stereocenters. The van der Waals surface area contributed by atoms with E-state index in [2.05, 4.69) is 44.6 Å². The third-order valence-electron chi connectivity index (χ3n) is 4.22. The minimum Gasteiger partial charge on any atom is -0.255 e. The maximum Gasteiger partial charge on any atom is 1.00 e. The normalized spacial score (nSPS) is 10.5. The molecule has 4 aromatic rings. The summed E-state index contributed by atoms with van der Waals surface area (Å²) < 4.78 is 0. The number of aliphatic imine (C=N–C) groups is 2. The summed E-state index contributed by atoms with van der Waals surface area (Å²) in [4.78, 5) is 19.6. The van der Waals surface area contributed by atoms with E-state index in [0.717, 1.165) is 22.8 Å². The number of benzene rings is 2. The predicted octanol–water partition coefficient (Wildman–Crippen LogP) is 7.11. The van der Waals surface area contributed by atoms with Crippen LogP contribution in [0.4, 0.5) is 11.4 Å². The van der Waals surface area contributed by atoms with E-state index in [1.165, 1.54) is 9.79 Å². The summed E-state index contributed by atoms with van der Waals surface area (Å²) >= 11 is 3.39. The number of hydrogen-bond acceptors (Lipinski definition) is 6. The molecule has 0 radical (unpaired) electrons. The molecule has 4 nitrogen and oxygen atoms in total. The molecule has 4 rings (SSSR count). The first-order valence-corrected chi connectivity index (χ1v) is 12.4. The molecule has 2 aromatic carbocycles. The average molecular weight is 520 g/mol. The topological polar surface area (TPSA) is 50.5 Å². The van der Waals surface area contributed by atoms with Gasteiger partial charge in [0.15, 0.2) is 0 Å². The molecule has 0 unspecified atom stereocenters. The molecule has 0 aliphatic carbocycles. The molecule has 0 aliphatic rings. The Morgan fingerprint density at radius 3 is 1.33 bits per heavy atom. The van der Waals surface area contributed by atoms with Gasteiger partial charge in [0.05, 0.1) is 35.2 Å². The van der Waals surface area contributed by atoms with E-state index in [9.17, 15) is 0 Å². The van der Waals surface area contributed by atoms with Crippen LogP contribution in [0.25, 0.3) is 0 Å². The van der Waals surface area contributed by atoms with Crippen LogP contribution in [0.5, 0.6) is 0 Å². The fraction of sp³-hybridized carbons (Fsp3) is 0.0769. The quantitative estimate of drug-likeness (QED) is 0.155. The predicted molar refractivity (Wildman–Crippen MR) is 139 cm³/mol. The number of rotatable bonds is 6. The Hall–Kier alpha value is -2.70. The van der Waals surface area contributed by atoms with E-state index >= 15 is 0 Å². The van der Waals surface area contributed by atoms with Gasteiger partial charge in [-0.3, -0.25) is 20.0 Å². The van der Waals surface area contributed by atoms with Gasteiger partial charge in [0, 0.05) is 22.2 Å². The van der Waals surface area contributed by atoms with Gasteiger partial charge in [-0.15, -0.1) is 23.5 Å². The van der Waals surface area contributed by atoms with Crippen molar-refractivity contribution in [1.29, 1.82) is 0 Å². The summed E-state index contributed by atoms with van der Waals surface area (Å²) in [5, 5.41) is 0. The molecular formula is C26H24CuN4S2+. The zero-order valence-corrected chi connectivity index (χ0v) is 20.9. The summed E-state index contributed by atoms with van der Waals surface area (Å²) in [5.74, 6) is 0. The van der Waals surface area contributed by atoms with Crippen molar-refractivity contribution in [2.75, 3.05) is 12.5 Å². The zero-order valence-electron chi connectivity index (χ0n) is 18.3. The van der Waals surface area contributed by atoms with Crippen LogP contribution < -0.4 is 0 Å².